The lowest BCUT2D eigenvalue weighted by atomic mass is 10.0. The molecule has 0 radical (unpaired) electrons. The molecule has 7 nitrogen and oxygen atoms in total. The highest BCUT2D eigenvalue weighted by molar-refractivity contribution is 5.78. The van der Waals surface area contributed by atoms with Gasteiger partial charge in [0.15, 0.2) is 0 Å². The fourth-order valence-corrected chi connectivity index (χ4v) is 2.23. The molecule has 0 bridgehead atoms. The van der Waals surface area contributed by atoms with Crippen molar-refractivity contribution in [2.24, 2.45) is 0 Å². The molecular formula is C12H22N2O5. The number of aliphatic hydroxyl groups excluding tert-OH is 1. The third kappa shape index (κ3) is 5.54. The number of carboxylic acids is 1. The molecule has 1 aliphatic heterocycles. The van der Waals surface area contributed by atoms with E-state index < -0.39 is 12.6 Å². The van der Waals surface area contributed by atoms with Crippen LogP contribution in [0.5, 0.6) is 0 Å². The molecule has 0 aromatic rings. The number of hydrogen-bond acceptors (Lipinski definition) is 5. The minimum absolute atomic E-state index is 0.100. The van der Waals surface area contributed by atoms with E-state index in [-0.39, 0.29) is 31.7 Å². The van der Waals surface area contributed by atoms with Gasteiger partial charge in [0.2, 0.25) is 5.91 Å². The zero-order valence-corrected chi connectivity index (χ0v) is 11.2. The van der Waals surface area contributed by atoms with Gasteiger partial charge in [-0.25, -0.2) is 4.79 Å². The van der Waals surface area contributed by atoms with Crippen molar-refractivity contribution in [3.8, 4) is 0 Å². The Kier molecular flexibility index (Phi) is 6.75. The molecular weight excluding hydrogens is 252 g/mol. The number of amides is 1. The second-order valence-electron chi connectivity index (χ2n) is 4.73. The van der Waals surface area contributed by atoms with E-state index in [0.29, 0.717) is 0 Å². The quantitative estimate of drug-likeness (QED) is 0.619. The van der Waals surface area contributed by atoms with Crippen LogP contribution in [0.3, 0.4) is 0 Å². The maximum absolute atomic E-state index is 12.0. The number of aliphatic hydroxyl groups is 1. The van der Waals surface area contributed by atoms with Gasteiger partial charge in [-0.15, -0.1) is 0 Å². The van der Waals surface area contributed by atoms with Crippen LogP contribution in [0.2, 0.25) is 0 Å². The number of carbonyl (C=O) groups excluding carboxylic acids is 1. The van der Waals surface area contributed by atoms with Gasteiger partial charge in [0.1, 0.15) is 13.2 Å². The van der Waals surface area contributed by atoms with Crippen LogP contribution in [-0.2, 0) is 14.3 Å². The van der Waals surface area contributed by atoms with E-state index in [2.05, 4.69) is 4.90 Å². The molecule has 1 amide bonds. The fourth-order valence-electron chi connectivity index (χ4n) is 2.23. The SMILES string of the molecule is CN1CCC(N(CCO)C(=O)COCC(=O)O)CC1. The van der Waals surface area contributed by atoms with E-state index in [9.17, 15) is 9.59 Å². The minimum Gasteiger partial charge on any atom is -0.480 e. The van der Waals surface area contributed by atoms with Crippen LogP contribution >= 0.6 is 0 Å². The van der Waals surface area contributed by atoms with Crippen molar-refractivity contribution in [1.82, 2.24) is 9.80 Å². The molecule has 0 unspecified atom stereocenters. The number of ether oxygens (including phenoxy) is 1. The number of hydrogen-bond donors (Lipinski definition) is 2. The summed E-state index contributed by atoms with van der Waals surface area (Å²) >= 11 is 0. The van der Waals surface area contributed by atoms with Gasteiger partial charge in [-0.2, -0.15) is 0 Å². The molecule has 0 atom stereocenters. The van der Waals surface area contributed by atoms with Crippen LogP contribution < -0.4 is 0 Å². The Bertz CT molecular complexity index is 302. The standard InChI is InChI=1S/C12H22N2O5/c1-13-4-2-10(3-5-13)14(6-7-15)11(16)8-19-9-12(17)18/h10,15H,2-9H2,1H3,(H,17,18). The molecule has 1 rings (SSSR count). The summed E-state index contributed by atoms with van der Waals surface area (Å²) in [7, 11) is 2.03. The summed E-state index contributed by atoms with van der Waals surface area (Å²) in [5, 5.41) is 17.5. The number of nitrogens with zero attached hydrogens (tertiary/aromatic N) is 2. The largest absolute Gasteiger partial charge is 0.480 e. The van der Waals surface area contributed by atoms with E-state index in [4.69, 9.17) is 14.9 Å². The molecule has 0 aliphatic carbocycles. The van der Waals surface area contributed by atoms with Crippen LogP contribution in [0.15, 0.2) is 0 Å². The normalized spacial score (nSPS) is 17.4. The first-order chi connectivity index (χ1) is 9.04. The first kappa shape index (κ1) is 15.9. The lowest BCUT2D eigenvalue weighted by Gasteiger charge is -2.37. The first-order valence-electron chi connectivity index (χ1n) is 6.43. The molecule has 2 N–H and O–H groups in total. The van der Waals surface area contributed by atoms with Crippen LogP contribution in [0.1, 0.15) is 12.8 Å². The Morgan fingerprint density at radius 2 is 1.95 bits per heavy atom. The third-order valence-corrected chi connectivity index (χ3v) is 3.24. The maximum atomic E-state index is 12.0. The van der Waals surface area contributed by atoms with Crippen LogP contribution in [0, 0.1) is 0 Å². The summed E-state index contributed by atoms with van der Waals surface area (Å²) < 4.78 is 4.81. The Hall–Kier alpha value is -1.18. The second-order valence-corrected chi connectivity index (χ2v) is 4.73. The van der Waals surface area contributed by atoms with Gasteiger partial charge in [0, 0.05) is 12.6 Å². The average molecular weight is 274 g/mol. The van der Waals surface area contributed by atoms with E-state index >= 15 is 0 Å². The lowest BCUT2D eigenvalue weighted by Crippen LogP contribution is -2.48. The van der Waals surface area contributed by atoms with Gasteiger partial charge in [-0.3, -0.25) is 4.79 Å². The second kappa shape index (κ2) is 8.08. The van der Waals surface area contributed by atoms with Crippen molar-refractivity contribution >= 4 is 11.9 Å². The Morgan fingerprint density at radius 3 is 2.47 bits per heavy atom. The lowest BCUT2D eigenvalue weighted by molar-refractivity contribution is -0.147. The number of rotatable bonds is 7. The van der Waals surface area contributed by atoms with Crippen molar-refractivity contribution in [2.75, 3.05) is 46.5 Å². The molecule has 1 heterocycles. The minimum atomic E-state index is -1.10. The molecule has 7 heteroatoms. The summed E-state index contributed by atoms with van der Waals surface area (Å²) in [5.74, 6) is -1.36. The van der Waals surface area contributed by atoms with E-state index in [1.165, 1.54) is 0 Å². The summed E-state index contributed by atoms with van der Waals surface area (Å²) in [6.07, 6.45) is 1.72. The Morgan fingerprint density at radius 1 is 1.32 bits per heavy atom. The van der Waals surface area contributed by atoms with Crippen molar-refractivity contribution in [3.05, 3.63) is 0 Å². The van der Waals surface area contributed by atoms with Gasteiger partial charge in [-0.1, -0.05) is 0 Å². The van der Waals surface area contributed by atoms with E-state index in [1.54, 1.807) is 4.90 Å². The zero-order valence-electron chi connectivity index (χ0n) is 11.2. The number of carbonyl (C=O) groups is 2. The first-order valence-corrected chi connectivity index (χ1v) is 6.43. The Balaban J connectivity index is 2.46. The number of likely N-dealkylation sites (tertiary alicyclic amines) is 1. The van der Waals surface area contributed by atoms with Crippen molar-refractivity contribution in [1.29, 1.82) is 0 Å². The summed E-state index contributed by atoms with van der Waals surface area (Å²) in [4.78, 5) is 26.1. The van der Waals surface area contributed by atoms with E-state index in [1.807, 2.05) is 7.05 Å². The van der Waals surface area contributed by atoms with Crippen LogP contribution in [0.25, 0.3) is 0 Å². The monoisotopic (exact) mass is 274 g/mol. The predicted octanol–water partition coefficient (Wildman–Crippen LogP) is -0.997. The van der Waals surface area contributed by atoms with Crippen molar-refractivity contribution in [2.45, 2.75) is 18.9 Å². The molecule has 0 saturated carbocycles. The molecule has 1 aliphatic rings. The maximum Gasteiger partial charge on any atom is 0.329 e. The average Bonchev–Trinajstić information content (AvgIpc) is 2.36. The van der Waals surface area contributed by atoms with Gasteiger partial charge >= 0.3 is 5.97 Å². The highest BCUT2D eigenvalue weighted by atomic mass is 16.5. The molecule has 0 aromatic carbocycles. The number of piperidine rings is 1. The molecule has 0 aromatic heterocycles. The summed E-state index contributed by atoms with van der Waals surface area (Å²) in [5.41, 5.74) is 0. The summed E-state index contributed by atoms with van der Waals surface area (Å²) in [6, 6.07) is 0.101. The smallest absolute Gasteiger partial charge is 0.329 e. The topological polar surface area (TPSA) is 90.3 Å². The van der Waals surface area contributed by atoms with Crippen LogP contribution in [-0.4, -0.2) is 84.4 Å². The summed E-state index contributed by atoms with van der Waals surface area (Å²) in [6.45, 7) is 1.26. The highest BCUT2D eigenvalue weighted by Gasteiger charge is 2.26. The van der Waals surface area contributed by atoms with Crippen molar-refractivity contribution < 1.29 is 24.5 Å². The fraction of sp³-hybridized carbons (Fsp3) is 0.833. The highest BCUT2D eigenvalue weighted by Crippen LogP contribution is 2.15. The third-order valence-electron chi connectivity index (χ3n) is 3.24. The van der Waals surface area contributed by atoms with Gasteiger partial charge in [0.05, 0.1) is 6.61 Å². The number of aliphatic carboxylic acids is 1. The molecule has 110 valence electrons. The Labute approximate surface area is 112 Å². The van der Waals surface area contributed by atoms with Crippen LogP contribution in [0.4, 0.5) is 0 Å². The van der Waals surface area contributed by atoms with Crippen molar-refractivity contribution in [3.63, 3.8) is 0 Å². The zero-order chi connectivity index (χ0) is 14.3. The number of carboxylic acid groups (broad SMARTS) is 1. The molecule has 19 heavy (non-hydrogen) atoms. The van der Waals surface area contributed by atoms with Gasteiger partial charge < -0.3 is 24.7 Å². The molecule has 1 fully saturated rings. The van der Waals surface area contributed by atoms with Gasteiger partial charge in [0.25, 0.3) is 0 Å². The predicted molar refractivity (Wildman–Crippen MR) is 67.8 cm³/mol. The molecule has 1 saturated heterocycles. The van der Waals surface area contributed by atoms with Gasteiger partial charge in [-0.05, 0) is 33.0 Å². The van der Waals surface area contributed by atoms with E-state index in [0.717, 1.165) is 25.9 Å². The molecule has 0 spiro atoms.